The SMILES string of the molecule is CC1=C2CCCCC2(C#N)CCC1=O. The molecule has 2 nitrogen and oxygen atoms in total. The van der Waals surface area contributed by atoms with Crippen molar-refractivity contribution in [2.45, 2.75) is 45.4 Å². The minimum Gasteiger partial charge on any atom is -0.295 e. The quantitative estimate of drug-likeness (QED) is 0.588. The molecular weight excluding hydrogens is 174 g/mol. The summed E-state index contributed by atoms with van der Waals surface area (Å²) in [5, 5.41) is 9.29. The summed E-state index contributed by atoms with van der Waals surface area (Å²) in [6, 6.07) is 2.46. The van der Waals surface area contributed by atoms with Gasteiger partial charge in [0.25, 0.3) is 0 Å². The molecule has 2 aliphatic carbocycles. The molecule has 0 saturated heterocycles. The fourth-order valence-electron chi connectivity index (χ4n) is 2.80. The Morgan fingerprint density at radius 2 is 2.07 bits per heavy atom. The standard InChI is InChI=1S/C12H15NO/c1-9-10-4-2-3-6-12(10,8-13)7-5-11(9)14/h2-7H2,1H3. The fourth-order valence-corrected chi connectivity index (χ4v) is 2.80. The van der Waals surface area contributed by atoms with Gasteiger partial charge in [-0.05, 0) is 43.8 Å². The Hall–Kier alpha value is -1.10. The molecule has 0 radical (unpaired) electrons. The summed E-state index contributed by atoms with van der Waals surface area (Å²) in [6.07, 6.45) is 5.54. The van der Waals surface area contributed by atoms with Crippen LogP contribution in [0.2, 0.25) is 0 Å². The van der Waals surface area contributed by atoms with Gasteiger partial charge in [0.1, 0.15) is 0 Å². The van der Waals surface area contributed by atoms with Crippen LogP contribution in [0.4, 0.5) is 0 Å². The van der Waals surface area contributed by atoms with E-state index in [4.69, 9.17) is 0 Å². The molecule has 0 aromatic rings. The van der Waals surface area contributed by atoms with Crippen LogP contribution in [0.5, 0.6) is 0 Å². The molecule has 0 aliphatic heterocycles. The van der Waals surface area contributed by atoms with Crippen LogP contribution in [0.3, 0.4) is 0 Å². The minimum absolute atomic E-state index is 0.257. The highest BCUT2D eigenvalue weighted by molar-refractivity contribution is 5.97. The summed E-state index contributed by atoms with van der Waals surface area (Å²) in [5.41, 5.74) is 1.77. The Labute approximate surface area is 84.6 Å². The highest BCUT2D eigenvalue weighted by atomic mass is 16.1. The lowest BCUT2D eigenvalue weighted by Crippen LogP contribution is -2.32. The fraction of sp³-hybridized carbons (Fsp3) is 0.667. The first kappa shape index (κ1) is 9.45. The van der Waals surface area contributed by atoms with Gasteiger partial charge in [-0.3, -0.25) is 4.79 Å². The molecule has 0 heterocycles. The Balaban J connectivity index is 2.48. The van der Waals surface area contributed by atoms with Crippen molar-refractivity contribution in [1.29, 1.82) is 5.26 Å². The number of fused-ring (bicyclic) bond motifs is 1. The van der Waals surface area contributed by atoms with Crippen LogP contribution in [0.15, 0.2) is 11.1 Å². The van der Waals surface area contributed by atoms with E-state index in [0.29, 0.717) is 6.42 Å². The van der Waals surface area contributed by atoms with Crippen LogP contribution in [-0.4, -0.2) is 5.78 Å². The average molecular weight is 189 g/mol. The molecule has 1 unspecified atom stereocenters. The van der Waals surface area contributed by atoms with E-state index in [-0.39, 0.29) is 11.2 Å². The molecule has 74 valence electrons. The second kappa shape index (κ2) is 3.24. The number of Topliss-reactive ketones (excluding diaryl/α,β-unsaturated/α-hetero) is 1. The van der Waals surface area contributed by atoms with Gasteiger partial charge in [0.15, 0.2) is 5.78 Å². The van der Waals surface area contributed by atoms with Gasteiger partial charge in [-0.25, -0.2) is 0 Å². The van der Waals surface area contributed by atoms with Gasteiger partial charge in [0.05, 0.1) is 11.5 Å². The molecule has 2 heteroatoms. The summed E-state index contributed by atoms with van der Waals surface area (Å²) < 4.78 is 0. The molecule has 2 rings (SSSR count). The first-order valence-electron chi connectivity index (χ1n) is 5.34. The van der Waals surface area contributed by atoms with Gasteiger partial charge < -0.3 is 0 Å². The molecule has 2 aliphatic rings. The zero-order chi connectivity index (χ0) is 10.2. The molecule has 0 bridgehead atoms. The predicted octanol–water partition coefficient (Wildman–Crippen LogP) is 2.75. The third kappa shape index (κ3) is 1.19. The number of nitriles is 1. The maximum absolute atomic E-state index is 11.5. The maximum Gasteiger partial charge on any atom is 0.158 e. The number of carbonyl (C=O) groups is 1. The van der Waals surface area contributed by atoms with Crippen molar-refractivity contribution in [2.24, 2.45) is 5.41 Å². The first-order valence-corrected chi connectivity index (χ1v) is 5.34. The van der Waals surface area contributed by atoms with Crippen LogP contribution in [0.25, 0.3) is 0 Å². The third-order valence-corrected chi connectivity index (χ3v) is 3.72. The lowest BCUT2D eigenvalue weighted by Gasteiger charge is -2.37. The van der Waals surface area contributed by atoms with Gasteiger partial charge in [0.2, 0.25) is 0 Å². The van der Waals surface area contributed by atoms with E-state index in [0.717, 1.165) is 43.3 Å². The van der Waals surface area contributed by atoms with Crippen molar-refractivity contribution < 1.29 is 4.79 Å². The average Bonchev–Trinajstić information content (AvgIpc) is 2.24. The summed E-state index contributed by atoms with van der Waals surface area (Å²) in [6.45, 7) is 1.90. The van der Waals surface area contributed by atoms with Crippen molar-refractivity contribution in [3.63, 3.8) is 0 Å². The highest BCUT2D eigenvalue weighted by Gasteiger charge is 2.41. The zero-order valence-corrected chi connectivity index (χ0v) is 8.60. The molecule has 0 amide bonds. The molecule has 1 atom stereocenters. The highest BCUT2D eigenvalue weighted by Crippen LogP contribution is 2.48. The maximum atomic E-state index is 11.5. The Morgan fingerprint density at radius 1 is 1.29 bits per heavy atom. The van der Waals surface area contributed by atoms with E-state index in [1.54, 1.807) is 0 Å². The Bertz CT molecular complexity index is 348. The van der Waals surface area contributed by atoms with Gasteiger partial charge in [-0.15, -0.1) is 0 Å². The van der Waals surface area contributed by atoms with E-state index in [2.05, 4.69) is 6.07 Å². The Kier molecular flexibility index (Phi) is 2.19. The molecule has 1 saturated carbocycles. The van der Waals surface area contributed by atoms with Crippen LogP contribution in [-0.2, 0) is 4.79 Å². The lowest BCUT2D eigenvalue weighted by atomic mass is 9.63. The van der Waals surface area contributed by atoms with Crippen LogP contribution in [0.1, 0.15) is 45.4 Å². The minimum atomic E-state index is -0.268. The number of hydrogen-bond donors (Lipinski definition) is 0. The van der Waals surface area contributed by atoms with Crippen molar-refractivity contribution in [3.8, 4) is 6.07 Å². The van der Waals surface area contributed by atoms with Crippen molar-refractivity contribution in [2.75, 3.05) is 0 Å². The number of rotatable bonds is 0. The number of allylic oxidation sites excluding steroid dienone is 2. The number of hydrogen-bond acceptors (Lipinski definition) is 2. The molecule has 0 aromatic heterocycles. The molecule has 0 spiro atoms. The van der Waals surface area contributed by atoms with Crippen LogP contribution in [0, 0.1) is 16.7 Å². The molecular formula is C12H15NO. The smallest absolute Gasteiger partial charge is 0.158 e. The normalized spacial score (nSPS) is 32.4. The summed E-state index contributed by atoms with van der Waals surface area (Å²) in [5.74, 6) is 0.257. The summed E-state index contributed by atoms with van der Waals surface area (Å²) in [4.78, 5) is 11.5. The molecule has 0 aromatic carbocycles. The van der Waals surface area contributed by atoms with Crippen molar-refractivity contribution in [3.05, 3.63) is 11.1 Å². The van der Waals surface area contributed by atoms with Gasteiger partial charge in [0, 0.05) is 6.42 Å². The van der Waals surface area contributed by atoms with E-state index < -0.39 is 0 Å². The van der Waals surface area contributed by atoms with E-state index in [1.165, 1.54) is 0 Å². The summed E-state index contributed by atoms with van der Waals surface area (Å²) >= 11 is 0. The molecule has 14 heavy (non-hydrogen) atoms. The lowest BCUT2D eigenvalue weighted by molar-refractivity contribution is -0.116. The van der Waals surface area contributed by atoms with E-state index in [9.17, 15) is 10.1 Å². The predicted molar refractivity (Wildman–Crippen MR) is 53.5 cm³/mol. The monoisotopic (exact) mass is 189 g/mol. The molecule has 0 N–H and O–H groups in total. The third-order valence-electron chi connectivity index (χ3n) is 3.72. The van der Waals surface area contributed by atoms with Crippen LogP contribution >= 0.6 is 0 Å². The summed E-state index contributed by atoms with van der Waals surface area (Å²) in [7, 11) is 0. The first-order chi connectivity index (χ1) is 6.69. The van der Waals surface area contributed by atoms with Crippen molar-refractivity contribution in [1.82, 2.24) is 0 Å². The van der Waals surface area contributed by atoms with Gasteiger partial charge in [-0.2, -0.15) is 5.26 Å². The Morgan fingerprint density at radius 3 is 2.79 bits per heavy atom. The largest absolute Gasteiger partial charge is 0.295 e. The molecule has 1 fully saturated rings. The second-order valence-electron chi connectivity index (χ2n) is 4.43. The van der Waals surface area contributed by atoms with Crippen LogP contribution < -0.4 is 0 Å². The van der Waals surface area contributed by atoms with Crippen molar-refractivity contribution >= 4 is 5.78 Å². The zero-order valence-electron chi connectivity index (χ0n) is 8.60. The topological polar surface area (TPSA) is 40.9 Å². The number of nitrogens with zero attached hydrogens (tertiary/aromatic N) is 1. The van der Waals surface area contributed by atoms with E-state index >= 15 is 0 Å². The number of carbonyl (C=O) groups excluding carboxylic acids is 1. The number of ketones is 1. The second-order valence-corrected chi connectivity index (χ2v) is 4.43. The van der Waals surface area contributed by atoms with Gasteiger partial charge in [-0.1, -0.05) is 6.42 Å². The van der Waals surface area contributed by atoms with Gasteiger partial charge >= 0.3 is 0 Å². The van der Waals surface area contributed by atoms with E-state index in [1.807, 2.05) is 6.92 Å².